The lowest BCUT2D eigenvalue weighted by Gasteiger charge is -2.11. The van der Waals surface area contributed by atoms with E-state index in [2.05, 4.69) is 0 Å². The van der Waals surface area contributed by atoms with Crippen molar-refractivity contribution < 1.29 is 4.79 Å². The lowest BCUT2D eigenvalue weighted by Crippen LogP contribution is -2.12. The van der Waals surface area contributed by atoms with Gasteiger partial charge in [0.15, 0.2) is 5.78 Å². The summed E-state index contributed by atoms with van der Waals surface area (Å²) in [5, 5.41) is -0.00676. The van der Waals surface area contributed by atoms with Crippen molar-refractivity contribution in [1.29, 1.82) is 0 Å². The molecule has 1 unspecified atom stereocenters. The van der Waals surface area contributed by atoms with E-state index in [0.29, 0.717) is 0 Å². The number of carbonyl (C=O) groups excluding carboxylic acids is 1. The van der Waals surface area contributed by atoms with E-state index in [0.717, 1.165) is 12.0 Å². The van der Waals surface area contributed by atoms with Crippen LogP contribution in [0.4, 0.5) is 0 Å². The highest BCUT2D eigenvalue weighted by atomic mass is 35.5. The van der Waals surface area contributed by atoms with Gasteiger partial charge in [-0.2, -0.15) is 0 Å². The standard InChI is InChI=1S/C10H13ClO/c1-7(2)10(12)8-4-3-5-9(11)6-8/h3-4,6-7,9H,5H2,1-2H3. The highest BCUT2D eigenvalue weighted by molar-refractivity contribution is 6.22. The smallest absolute Gasteiger partial charge is 0.165 e. The minimum Gasteiger partial charge on any atom is -0.294 e. The van der Waals surface area contributed by atoms with Gasteiger partial charge in [0.25, 0.3) is 0 Å². The van der Waals surface area contributed by atoms with Gasteiger partial charge in [0.2, 0.25) is 0 Å². The Morgan fingerprint density at radius 1 is 1.67 bits per heavy atom. The van der Waals surface area contributed by atoms with Crippen molar-refractivity contribution in [2.24, 2.45) is 5.92 Å². The van der Waals surface area contributed by atoms with Crippen LogP contribution in [0.25, 0.3) is 0 Å². The van der Waals surface area contributed by atoms with Crippen LogP contribution in [-0.2, 0) is 4.79 Å². The summed E-state index contributed by atoms with van der Waals surface area (Å²) in [6.07, 6.45) is 6.48. The second kappa shape index (κ2) is 3.90. The Labute approximate surface area is 78.1 Å². The monoisotopic (exact) mass is 184 g/mol. The molecule has 0 aromatic carbocycles. The van der Waals surface area contributed by atoms with Crippen molar-refractivity contribution in [3.05, 3.63) is 23.8 Å². The highest BCUT2D eigenvalue weighted by Gasteiger charge is 2.14. The van der Waals surface area contributed by atoms with Crippen LogP contribution >= 0.6 is 11.6 Å². The summed E-state index contributed by atoms with van der Waals surface area (Å²) in [7, 11) is 0. The molecule has 0 spiro atoms. The molecule has 66 valence electrons. The van der Waals surface area contributed by atoms with Crippen molar-refractivity contribution in [3.63, 3.8) is 0 Å². The summed E-state index contributed by atoms with van der Waals surface area (Å²) in [6.45, 7) is 3.80. The molecule has 1 atom stereocenters. The molecule has 0 saturated carbocycles. The molecule has 1 aliphatic carbocycles. The molecule has 0 aromatic heterocycles. The Bertz CT molecular complexity index is 238. The van der Waals surface area contributed by atoms with E-state index in [-0.39, 0.29) is 17.1 Å². The first-order valence-corrected chi connectivity index (χ1v) is 4.61. The number of rotatable bonds is 2. The average Bonchev–Trinajstić information content (AvgIpc) is 2.03. The largest absolute Gasteiger partial charge is 0.294 e. The summed E-state index contributed by atoms with van der Waals surface area (Å²) in [6, 6.07) is 0. The number of hydrogen-bond donors (Lipinski definition) is 0. The van der Waals surface area contributed by atoms with Crippen LogP contribution in [0.3, 0.4) is 0 Å². The Hall–Kier alpha value is -0.560. The maximum Gasteiger partial charge on any atom is 0.165 e. The summed E-state index contributed by atoms with van der Waals surface area (Å²) >= 11 is 5.88. The van der Waals surface area contributed by atoms with E-state index in [1.54, 1.807) is 0 Å². The first-order valence-electron chi connectivity index (χ1n) is 4.18. The van der Waals surface area contributed by atoms with E-state index in [1.807, 2.05) is 32.1 Å². The zero-order valence-electron chi connectivity index (χ0n) is 7.38. The number of carbonyl (C=O) groups is 1. The van der Waals surface area contributed by atoms with Gasteiger partial charge >= 0.3 is 0 Å². The highest BCUT2D eigenvalue weighted by Crippen LogP contribution is 2.18. The van der Waals surface area contributed by atoms with E-state index in [4.69, 9.17) is 11.6 Å². The second-order valence-electron chi connectivity index (χ2n) is 3.30. The third kappa shape index (κ3) is 2.21. The normalized spacial score (nSPS) is 22.7. The Balaban J connectivity index is 2.75. The molecule has 0 N–H and O–H groups in total. The molecule has 0 saturated heterocycles. The summed E-state index contributed by atoms with van der Waals surface area (Å²) in [4.78, 5) is 11.5. The fourth-order valence-corrected chi connectivity index (χ4v) is 1.38. The van der Waals surface area contributed by atoms with Gasteiger partial charge in [0, 0.05) is 11.5 Å². The molecule has 0 amide bonds. The van der Waals surface area contributed by atoms with E-state index in [9.17, 15) is 4.79 Å². The van der Waals surface area contributed by atoms with Crippen molar-refractivity contribution in [3.8, 4) is 0 Å². The zero-order valence-corrected chi connectivity index (χ0v) is 8.14. The fourth-order valence-electron chi connectivity index (χ4n) is 1.14. The van der Waals surface area contributed by atoms with Crippen LogP contribution in [0, 0.1) is 5.92 Å². The Kier molecular flexibility index (Phi) is 3.10. The lowest BCUT2D eigenvalue weighted by atomic mass is 9.96. The minimum absolute atomic E-state index is 0.00676. The SMILES string of the molecule is CC(C)C(=O)C1=CC(Cl)CC=C1. The molecular weight excluding hydrogens is 172 g/mol. The minimum atomic E-state index is -0.00676. The molecular formula is C10H13ClO. The molecule has 0 radical (unpaired) electrons. The van der Waals surface area contributed by atoms with Gasteiger partial charge < -0.3 is 0 Å². The average molecular weight is 185 g/mol. The third-order valence-corrected chi connectivity index (χ3v) is 2.13. The fraction of sp³-hybridized carbons (Fsp3) is 0.500. The van der Waals surface area contributed by atoms with E-state index < -0.39 is 0 Å². The van der Waals surface area contributed by atoms with Crippen LogP contribution in [0.2, 0.25) is 0 Å². The molecule has 1 rings (SSSR count). The van der Waals surface area contributed by atoms with Crippen LogP contribution < -0.4 is 0 Å². The van der Waals surface area contributed by atoms with Gasteiger partial charge in [-0.15, -0.1) is 11.6 Å². The van der Waals surface area contributed by atoms with Gasteiger partial charge in [-0.05, 0) is 6.42 Å². The maximum absolute atomic E-state index is 11.5. The molecule has 2 heteroatoms. The number of ketones is 1. The first kappa shape index (κ1) is 9.53. The molecule has 0 heterocycles. The van der Waals surface area contributed by atoms with Gasteiger partial charge in [-0.25, -0.2) is 0 Å². The molecule has 0 aromatic rings. The predicted molar refractivity (Wildman–Crippen MR) is 51.3 cm³/mol. The molecule has 0 fully saturated rings. The first-order chi connectivity index (χ1) is 5.61. The van der Waals surface area contributed by atoms with Gasteiger partial charge in [-0.3, -0.25) is 4.79 Å². The van der Waals surface area contributed by atoms with E-state index >= 15 is 0 Å². The quantitative estimate of drug-likeness (QED) is 0.604. The maximum atomic E-state index is 11.5. The molecule has 0 aliphatic heterocycles. The number of Topliss-reactive ketones (excluding diaryl/α,β-unsaturated/α-hetero) is 1. The summed E-state index contributed by atoms with van der Waals surface area (Å²) in [5.74, 6) is 0.236. The van der Waals surface area contributed by atoms with Gasteiger partial charge in [-0.1, -0.05) is 32.1 Å². The summed E-state index contributed by atoms with van der Waals surface area (Å²) < 4.78 is 0. The van der Waals surface area contributed by atoms with Crippen LogP contribution in [0.15, 0.2) is 23.8 Å². The predicted octanol–water partition coefficient (Wildman–Crippen LogP) is 2.71. The van der Waals surface area contributed by atoms with Crippen molar-refractivity contribution >= 4 is 17.4 Å². The van der Waals surface area contributed by atoms with Crippen LogP contribution in [0.5, 0.6) is 0 Å². The number of hydrogen-bond acceptors (Lipinski definition) is 1. The topological polar surface area (TPSA) is 17.1 Å². The third-order valence-electron chi connectivity index (χ3n) is 1.83. The number of allylic oxidation sites excluding steroid dienone is 4. The van der Waals surface area contributed by atoms with Crippen molar-refractivity contribution in [1.82, 2.24) is 0 Å². The Morgan fingerprint density at radius 2 is 2.33 bits per heavy atom. The second-order valence-corrected chi connectivity index (χ2v) is 3.86. The van der Waals surface area contributed by atoms with Crippen molar-refractivity contribution in [2.45, 2.75) is 25.6 Å². The van der Waals surface area contributed by atoms with Gasteiger partial charge in [0.1, 0.15) is 0 Å². The molecule has 1 aliphatic rings. The van der Waals surface area contributed by atoms with Crippen molar-refractivity contribution in [2.75, 3.05) is 0 Å². The molecule has 12 heavy (non-hydrogen) atoms. The lowest BCUT2D eigenvalue weighted by molar-refractivity contribution is -0.117. The Morgan fingerprint density at radius 3 is 2.83 bits per heavy atom. The molecule has 0 bridgehead atoms. The van der Waals surface area contributed by atoms with Gasteiger partial charge in [0.05, 0.1) is 5.38 Å². The zero-order chi connectivity index (χ0) is 9.14. The molecule has 1 nitrogen and oxygen atoms in total. The summed E-state index contributed by atoms with van der Waals surface area (Å²) in [5.41, 5.74) is 0.760. The van der Waals surface area contributed by atoms with Crippen LogP contribution in [0.1, 0.15) is 20.3 Å². The number of alkyl halides is 1. The van der Waals surface area contributed by atoms with Crippen LogP contribution in [-0.4, -0.2) is 11.2 Å². The van der Waals surface area contributed by atoms with E-state index in [1.165, 1.54) is 0 Å². The number of halogens is 1.